The van der Waals surface area contributed by atoms with Gasteiger partial charge in [0.25, 0.3) is 0 Å². The molecule has 0 bridgehead atoms. The molecular formula is C24H30Cl3N3O5S. The second kappa shape index (κ2) is 13.4. The minimum atomic E-state index is -3.65. The molecule has 0 spiro atoms. The van der Waals surface area contributed by atoms with Crippen LogP contribution in [0.25, 0.3) is 0 Å². The van der Waals surface area contributed by atoms with Crippen LogP contribution < -0.4 is 14.4 Å². The van der Waals surface area contributed by atoms with Gasteiger partial charge in [-0.2, -0.15) is 0 Å². The molecule has 0 saturated carbocycles. The monoisotopic (exact) mass is 577 g/mol. The Bertz CT molecular complexity index is 1190. The van der Waals surface area contributed by atoms with Crippen LogP contribution in [-0.2, 0) is 26.2 Å². The predicted molar refractivity (Wildman–Crippen MR) is 145 cm³/mol. The van der Waals surface area contributed by atoms with Gasteiger partial charge in [-0.1, -0.05) is 47.8 Å². The second-order valence-electron chi connectivity index (χ2n) is 8.07. The summed E-state index contributed by atoms with van der Waals surface area (Å²) in [6, 6.07) is 8.98. The SMILES string of the molecule is CC[C@@H](C(=O)NC)N(Cc1ccc(Cl)c(Cl)c1)C(=O)CCCN(c1ccc(OC)c(Cl)c1)S(C)(=O)=O. The van der Waals surface area contributed by atoms with Gasteiger partial charge in [-0.3, -0.25) is 13.9 Å². The molecule has 0 aliphatic carbocycles. The lowest BCUT2D eigenvalue weighted by Gasteiger charge is -2.31. The highest BCUT2D eigenvalue weighted by Crippen LogP contribution is 2.30. The quantitative estimate of drug-likeness (QED) is 0.392. The minimum absolute atomic E-state index is 0.0186. The lowest BCUT2D eigenvalue weighted by molar-refractivity contribution is -0.141. The Morgan fingerprint density at radius 2 is 1.75 bits per heavy atom. The third kappa shape index (κ3) is 7.90. The van der Waals surface area contributed by atoms with Crippen LogP contribution in [0.4, 0.5) is 5.69 Å². The van der Waals surface area contributed by atoms with Gasteiger partial charge < -0.3 is 15.0 Å². The van der Waals surface area contributed by atoms with Gasteiger partial charge in [0.05, 0.1) is 34.1 Å². The number of ether oxygens (including phenoxy) is 1. The number of benzene rings is 2. The van der Waals surface area contributed by atoms with E-state index in [1.165, 1.54) is 29.4 Å². The Morgan fingerprint density at radius 1 is 1.06 bits per heavy atom. The molecule has 12 heteroatoms. The first-order chi connectivity index (χ1) is 16.9. The van der Waals surface area contributed by atoms with Crippen LogP contribution in [0.3, 0.4) is 0 Å². The van der Waals surface area contributed by atoms with Gasteiger partial charge in [-0.05, 0) is 48.7 Å². The summed E-state index contributed by atoms with van der Waals surface area (Å²) in [6.45, 7) is 2.00. The van der Waals surface area contributed by atoms with Crippen LogP contribution in [0.1, 0.15) is 31.7 Å². The number of methoxy groups -OCH3 is 1. The average molecular weight is 579 g/mol. The maximum absolute atomic E-state index is 13.3. The van der Waals surface area contributed by atoms with E-state index in [1.54, 1.807) is 30.3 Å². The van der Waals surface area contributed by atoms with Crippen molar-refractivity contribution in [3.8, 4) is 5.75 Å². The number of hydrogen-bond acceptors (Lipinski definition) is 5. The summed E-state index contributed by atoms with van der Waals surface area (Å²) in [5.41, 5.74) is 1.07. The number of hydrogen-bond donors (Lipinski definition) is 1. The van der Waals surface area contributed by atoms with Gasteiger partial charge in [-0.15, -0.1) is 0 Å². The summed E-state index contributed by atoms with van der Waals surface area (Å²) in [5.74, 6) is -0.170. The number of amides is 2. The first kappa shape index (κ1) is 30.0. The van der Waals surface area contributed by atoms with E-state index in [-0.39, 0.29) is 42.8 Å². The van der Waals surface area contributed by atoms with E-state index in [0.717, 1.165) is 6.26 Å². The van der Waals surface area contributed by atoms with Crippen molar-refractivity contribution in [2.45, 2.75) is 38.8 Å². The lowest BCUT2D eigenvalue weighted by Crippen LogP contribution is -2.48. The summed E-state index contributed by atoms with van der Waals surface area (Å²) >= 11 is 18.3. The van der Waals surface area contributed by atoms with Gasteiger partial charge in [0.1, 0.15) is 11.8 Å². The van der Waals surface area contributed by atoms with Crippen LogP contribution in [0, 0.1) is 0 Å². The molecule has 0 unspecified atom stereocenters. The first-order valence-electron chi connectivity index (χ1n) is 11.2. The molecule has 8 nitrogen and oxygen atoms in total. The van der Waals surface area contributed by atoms with E-state index in [2.05, 4.69) is 5.32 Å². The van der Waals surface area contributed by atoms with Gasteiger partial charge in [0, 0.05) is 26.6 Å². The fraction of sp³-hybridized carbons (Fsp3) is 0.417. The van der Waals surface area contributed by atoms with Gasteiger partial charge in [0.15, 0.2) is 0 Å². The largest absolute Gasteiger partial charge is 0.495 e. The highest BCUT2D eigenvalue weighted by Gasteiger charge is 2.28. The Balaban J connectivity index is 2.23. The third-order valence-electron chi connectivity index (χ3n) is 5.54. The molecule has 2 aromatic carbocycles. The topological polar surface area (TPSA) is 96.0 Å². The number of carbonyl (C=O) groups excluding carboxylic acids is 2. The highest BCUT2D eigenvalue weighted by atomic mass is 35.5. The second-order valence-corrected chi connectivity index (χ2v) is 11.2. The van der Waals surface area contributed by atoms with Crippen molar-refractivity contribution in [1.82, 2.24) is 10.2 Å². The number of sulfonamides is 1. The van der Waals surface area contributed by atoms with Crippen LogP contribution in [0.2, 0.25) is 15.1 Å². The van der Waals surface area contributed by atoms with Crippen molar-refractivity contribution < 1.29 is 22.7 Å². The number of anilines is 1. The number of nitrogens with one attached hydrogen (secondary N) is 1. The number of nitrogens with zero attached hydrogens (tertiary/aromatic N) is 2. The van der Waals surface area contributed by atoms with E-state index in [4.69, 9.17) is 39.5 Å². The zero-order chi connectivity index (χ0) is 27.0. The molecule has 198 valence electrons. The average Bonchev–Trinajstić information content (AvgIpc) is 2.82. The Morgan fingerprint density at radius 3 is 2.28 bits per heavy atom. The van der Waals surface area contributed by atoms with E-state index < -0.39 is 16.1 Å². The molecule has 0 radical (unpaired) electrons. The van der Waals surface area contributed by atoms with Crippen molar-refractivity contribution in [1.29, 1.82) is 0 Å². The van der Waals surface area contributed by atoms with Crippen LogP contribution in [-0.4, -0.2) is 58.1 Å². The normalized spacial score (nSPS) is 12.1. The van der Waals surface area contributed by atoms with Crippen molar-refractivity contribution in [3.63, 3.8) is 0 Å². The first-order valence-corrected chi connectivity index (χ1v) is 14.2. The number of likely N-dealkylation sites (N-methyl/N-ethyl adjacent to an activating group) is 1. The van der Waals surface area contributed by atoms with E-state index in [1.807, 2.05) is 6.92 Å². The van der Waals surface area contributed by atoms with Crippen molar-refractivity contribution >= 4 is 62.3 Å². The third-order valence-corrected chi connectivity index (χ3v) is 7.77. The molecule has 1 N–H and O–H groups in total. The highest BCUT2D eigenvalue weighted by molar-refractivity contribution is 7.92. The molecular weight excluding hydrogens is 549 g/mol. The maximum atomic E-state index is 13.3. The molecule has 0 aromatic heterocycles. The molecule has 36 heavy (non-hydrogen) atoms. The van der Waals surface area contributed by atoms with E-state index in [0.29, 0.717) is 33.5 Å². The molecule has 2 amide bonds. The maximum Gasteiger partial charge on any atom is 0.242 e. The van der Waals surface area contributed by atoms with Gasteiger partial charge in [-0.25, -0.2) is 8.42 Å². The zero-order valence-electron chi connectivity index (χ0n) is 20.6. The van der Waals surface area contributed by atoms with Gasteiger partial charge >= 0.3 is 0 Å². The fourth-order valence-corrected chi connectivity index (χ4v) is 5.27. The minimum Gasteiger partial charge on any atom is -0.495 e. The number of halogens is 3. The van der Waals surface area contributed by atoms with E-state index >= 15 is 0 Å². The van der Waals surface area contributed by atoms with Crippen LogP contribution in [0.5, 0.6) is 5.75 Å². The van der Waals surface area contributed by atoms with Crippen molar-refractivity contribution in [3.05, 3.63) is 57.0 Å². The van der Waals surface area contributed by atoms with E-state index in [9.17, 15) is 18.0 Å². The van der Waals surface area contributed by atoms with Crippen LogP contribution >= 0.6 is 34.8 Å². The van der Waals surface area contributed by atoms with Crippen molar-refractivity contribution in [2.24, 2.45) is 0 Å². The van der Waals surface area contributed by atoms with Crippen molar-refractivity contribution in [2.75, 3.05) is 31.3 Å². The fourth-order valence-electron chi connectivity index (χ4n) is 3.74. The number of rotatable bonds is 12. The standard InChI is InChI=1S/C24H30Cl3N3O5S/c1-5-21(24(32)28-2)29(15-16-8-10-18(25)19(26)13-16)23(31)7-6-12-30(36(4,33)34)17-9-11-22(35-3)20(27)14-17/h8-11,13-14,21H,5-7,12,15H2,1-4H3,(H,28,32)/t21-/m0/s1. The smallest absolute Gasteiger partial charge is 0.242 e. The molecule has 0 heterocycles. The zero-order valence-corrected chi connectivity index (χ0v) is 23.6. The Kier molecular flexibility index (Phi) is 11.2. The molecule has 2 rings (SSSR count). The number of carbonyl (C=O) groups is 2. The molecule has 1 atom stereocenters. The van der Waals surface area contributed by atoms with Crippen LogP contribution in [0.15, 0.2) is 36.4 Å². The van der Waals surface area contributed by atoms with Gasteiger partial charge in [0.2, 0.25) is 21.8 Å². The summed E-state index contributed by atoms with van der Waals surface area (Å²) < 4.78 is 31.3. The molecule has 0 saturated heterocycles. The summed E-state index contributed by atoms with van der Waals surface area (Å²) in [5, 5.41) is 3.59. The summed E-state index contributed by atoms with van der Waals surface area (Å²) in [7, 11) is -0.675. The predicted octanol–water partition coefficient (Wildman–Crippen LogP) is 4.76. The molecule has 0 aliphatic heterocycles. The Hall–Kier alpha value is -2.20. The summed E-state index contributed by atoms with van der Waals surface area (Å²) in [6.07, 6.45) is 1.72. The molecule has 0 aliphatic rings. The lowest BCUT2D eigenvalue weighted by atomic mass is 10.1. The Labute approximate surface area is 227 Å². The molecule has 2 aromatic rings. The molecule has 0 fully saturated rings. The summed E-state index contributed by atoms with van der Waals surface area (Å²) in [4.78, 5) is 27.3.